The largest absolute Gasteiger partial charge is 0.449 e. The van der Waals surface area contributed by atoms with Crippen LogP contribution in [0.1, 0.15) is 28.7 Å². The van der Waals surface area contributed by atoms with Crippen LogP contribution in [0.4, 0.5) is 14.5 Å². The highest BCUT2D eigenvalue weighted by atomic mass is 32.2. The van der Waals surface area contributed by atoms with E-state index in [-0.39, 0.29) is 5.56 Å². The van der Waals surface area contributed by atoms with Crippen LogP contribution < -0.4 is 5.32 Å². The van der Waals surface area contributed by atoms with Gasteiger partial charge in [0, 0.05) is 7.05 Å². The van der Waals surface area contributed by atoms with Gasteiger partial charge in [-0.2, -0.15) is 13.9 Å². The number of nitrogens with one attached hydrogen (secondary N) is 1. The topological polar surface area (TPSA) is 107 Å². The lowest BCUT2D eigenvalue weighted by Gasteiger charge is -2.14. The number of aryl methyl sites for hydroxylation is 2. The summed E-state index contributed by atoms with van der Waals surface area (Å²) in [7, 11) is -3.03. The minimum absolute atomic E-state index is 0.0818. The lowest BCUT2D eigenvalue weighted by atomic mass is 10.2. The fourth-order valence-corrected chi connectivity index (χ4v) is 3.07. The molecule has 0 radical (unpaired) electrons. The van der Waals surface area contributed by atoms with E-state index in [1.54, 1.807) is 25.6 Å². The molecule has 0 saturated carbocycles. The average Bonchev–Trinajstić information content (AvgIpc) is 2.87. The van der Waals surface area contributed by atoms with Crippen molar-refractivity contribution in [3.05, 3.63) is 41.2 Å². The molecule has 2 rings (SSSR count). The number of carbonyl (C=O) groups is 2. The molecule has 152 valence electrons. The van der Waals surface area contributed by atoms with Gasteiger partial charge in [0.1, 0.15) is 0 Å². The van der Waals surface area contributed by atoms with Gasteiger partial charge in [0.25, 0.3) is 5.91 Å². The summed E-state index contributed by atoms with van der Waals surface area (Å²) in [5.74, 6) is -5.04. The highest BCUT2D eigenvalue weighted by molar-refractivity contribution is 7.91. The number of hydrogen-bond acceptors (Lipinski definition) is 6. The van der Waals surface area contributed by atoms with Gasteiger partial charge in [-0.1, -0.05) is 0 Å². The molecule has 11 heteroatoms. The summed E-state index contributed by atoms with van der Waals surface area (Å²) in [6.07, 6.45) is -1.16. The Balaban J connectivity index is 2.06. The number of carbonyl (C=O) groups excluding carboxylic acids is 2. The number of sulfone groups is 1. The Bertz CT molecular complexity index is 1000. The number of benzene rings is 1. The molecule has 0 spiro atoms. The van der Waals surface area contributed by atoms with Gasteiger partial charge in [0.2, 0.25) is 9.84 Å². The predicted molar refractivity (Wildman–Crippen MR) is 95.8 cm³/mol. The van der Waals surface area contributed by atoms with E-state index < -0.39 is 38.5 Å². The Morgan fingerprint density at radius 3 is 2.21 bits per heavy atom. The summed E-state index contributed by atoms with van der Waals surface area (Å²) in [5.41, 5.74) is 1.75. The van der Waals surface area contributed by atoms with Crippen LogP contribution in [-0.4, -0.2) is 41.9 Å². The van der Waals surface area contributed by atoms with Crippen LogP contribution in [0, 0.1) is 13.8 Å². The zero-order chi connectivity index (χ0) is 21.2. The standard InChI is InChI=1S/C17H19F2N3O5S/c1-9-14(10(2)22(4)21-9)20-15(23)11(3)27-16(24)12-5-7-13(8-6-12)28(25,26)17(18)19/h5-8,11,17H,1-4H3,(H,20,23)/t11-/m1/s1. The zero-order valence-electron chi connectivity index (χ0n) is 15.6. The molecule has 0 saturated heterocycles. The molecule has 1 aromatic heterocycles. The van der Waals surface area contributed by atoms with E-state index in [0.717, 1.165) is 30.0 Å². The van der Waals surface area contributed by atoms with Gasteiger partial charge in [-0.3, -0.25) is 9.48 Å². The van der Waals surface area contributed by atoms with E-state index in [1.807, 2.05) is 0 Å². The first-order chi connectivity index (χ1) is 12.9. The molecule has 1 aromatic carbocycles. The summed E-state index contributed by atoms with van der Waals surface area (Å²) in [6, 6.07) is 3.84. The van der Waals surface area contributed by atoms with Crippen molar-refractivity contribution in [1.29, 1.82) is 0 Å². The highest BCUT2D eigenvalue weighted by Crippen LogP contribution is 2.20. The molecule has 28 heavy (non-hydrogen) atoms. The maximum Gasteiger partial charge on any atom is 0.341 e. The maximum absolute atomic E-state index is 12.5. The highest BCUT2D eigenvalue weighted by Gasteiger charge is 2.27. The molecule has 8 nitrogen and oxygen atoms in total. The van der Waals surface area contributed by atoms with E-state index in [1.165, 1.54) is 6.92 Å². The van der Waals surface area contributed by atoms with Crippen molar-refractivity contribution >= 4 is 27.4 Å². The second-order valence-electron chi connectivity index (χ2n) is 6.04. The molecule has 0 fully saturated rings. The molecule has 1 amide bonds. The number of hydrogen-bond donors (Lipinski definition) is 1. The van der Waals surface area contributed by atoms with Crippen molar-refractivity contribution in [2.24, 2.45) is 7.05 Å². The molecular weight excluding hydrogens is 396 g/mol. The van der Waals surface area contributed by atoms with Crippen LogP contribution in [0.5, 0.6) is 0 Å². The maximum atomic E-state index is 12.5. The fourth-order valence-electron chi connectivity index (χ4n) is 2.35. The Kier molecular flexibility index (Phi) is 6.17. The van der Waals surface area contributed by atoms with Crippen LogP contribution in [0.3, 0.4) is 0 Å². The van der Waals surface area contributed by atoms with Gasteiger partial charge in [0.15, 0.2) is 6.10 Å². The van der Waals surface area contributed by atoms with Gasteiger partial charge < -0.3 is 10.1 Å². The molecule has 0 unspecified atom stereocenters. The Morgan fingerprint density at radius 1 is 1.18 bits per heavy atom. The van der Waals surface area contributed by atoms with Gasteiger partial charge in [-0.05, 0) is 45.0 Å². The minimum atomic E-state index is -4.75. The van der Waals surface area contributed by atoms with E-state index in [4.69, 9.17) is 4.74 Å². The molecular formula is C17H19F2N3O5S. The van der Waals surface area contributed by atoms with Crippen molar-refractivity contribution < 1.29 is 31.5 Å². The van der Waals surface area contributed by atoms with E-state index >= 15 is 0 Å². The second kappa shape index (κ2) is 8.05. The number of amides is 1. The number of esters is 1. The van der Waals surface area contributed by atoms with Crippen molar-refractivity contribution in [1.82, 2.24) is 9.78 Å². The number of aromatic nitrogens is 2. The Hall–Kier alpha value is -2.82. The zero-order valence-corrected chi connectivity index (χ0v) is 16.4. The third-order valence-corrected chi connectivity index (χ3v) is 5.46. The lowest BCUT2D eigenvalue weighted by molar-refractivity contribution is -0.123. The number of ether oxygens (including phenoxy) is 1. The smallest absolute Gasteiger partial charge is 0.341 e. The average molecular weight is 415 g/mol. The third kappa shape index (κ3) is 4.35. The first kappa shape index (κ1) is 21.5. The van der Waals surface area contributed by atoms with E-state index in [2.05, 4.69) is 10.4 Å². The molecule has 2 aromatic rings. The first-order valence-corrected chi connectivity index (χ1v) is 9.64. The van der Waals surface area contributed by atoms with E-state index in [9.17, 15) is 26.8 Å². The summed E-state index contributed by atoms with van der Waals surface area (Å²) in [6.45, 7) is 4.85. The molecule has 1 N–H and O–H groups in total. The van der Waals surface area contributed by atoms with Crippen molar-refractivity contribution in [3.63, 3.8) is 0 Å². The number of rotatable bonds is 6. The van der Waals surface area contributed by atoms with Crippen LogP contribution >= 0.6 is 0 Å². The molecule has 0 aliphatic rings. The Morgan fingerprint density at radius 2 is 1.75 bits per heavy atom. The summed E-state index contributed by atoms with van der Waals surface area (Å²) < 4.78 is 54.5. The number of alkyl halides is 2. The third-order valence-electron chi connectivity index (χ3n) is 4.06. The summed E-state index contributed by atoms with van der Waals surface area (Å²) in [5, 5.41) is 6.80. The second-order valence-corrected chi connectivity index (χ2v) is 7.95. The lowest BCUT2D eigenvalue weighted by Crippen LogP contribution is -2.30. The van der Waals surface area contributed by atoms with Gasteiger partial charge in [-0.25, -0.2) is 13.2 Å². The summed E-state index contributed by atoms with van der Waals surface area (Å²) >= 11 is 0. The van der Waals surface area contributed by atoms with Crippen LogP contribution in [-0.2, 0) is 26.4 Å². The first-order valence-electron chi connectivity index (χ1n) is 8.09. The number of anilines is 1. The fraction of sp³-hybridized carbons (Fsp3) is 0.353. The summed E-state index contributed by atoms with van der Waals surface area (Å²) in [4.78, 5) is 23.8. The van der Waals surface area contributed by atoms with Crippen molar-refractivity contribution in [2.45, 2.75) is 37.5 Å². The number of nitrogens with zero attached hydrogens (tertiary/aromatic N) is 2. The molecule has 0 aliphatic carbocycles. The predicted octanol–water partition coefficient (Wildman–Crippen LogP) is 2.22. The SMILES string of the molecule is Cc1nn(C)c(C)c1NC(=O)[C@@H](C)OC(=O)c1ccc(S(=O)(=O)C(F)F)cc1. The van der Waals surface area contributed by atoms with E-state index in [0.29, 0.717) is 11.4 Å². The monoisotopic (exact) mass is 415 g/mol. The van der Waals surface area contributed by atoms with Crippen molar-refractivity contribution in [2.75, 3.05) is 5.32 Å². The van der Waals surface area contributed by atoms with Crippen LogP contribution in [0.25, 0.3) is 0 Å². The number of halogens is 2. The molecule has 0 aliphatic heterocycles. The van der Waals surface area contributed by atoms with Crippen LogP contribution in [0.15, 0.2) is 29.2 Å². The quantitative estimate of drug-likeness (QED) is 0.725. The normalized spacial score (nSPS) is 12.7. The minimum Gasteiger partial charge on any atom is -0.449 e. The molecule has 1 atom stereocenters. The Labute approximate surface area is 160 Å². The molecule has 0 bridgehead atoms. The van der Waals surface area contributed by atoms with Gasteiger partial charge in [-0.15, -0.1) is 0 Å². The molecule has 1 heterocycles. The van der Waals surface area contributed by atoms with Gasteiger partial charge in [0.05, 0.1) is 27.5 Å². The van der Waals surface area contributed by atoms with Crippen LogP contribution in [0.2, 0.25) is 0 Å². The van der Waals surface area contributed by atoms with Crippen molar-refractivity contribution in [3.8, 4) is 0 Å². The van der Waals surface area contributed by atoms with Gasteiger partial charge >= 0.3 is 11.7 Å².